The molecule has 0 spiro atoms. The van der Waals surface area contributed by atoms with Gasteiger partial charge in [-0.15, -0.1) is 0 Å². The maximum Gasteiger partial charge on any atom is 0.162 e. The Morgan fingerprint density at radius 2 is 1.91 bits per heavy atom. The van der Waals surface area contributed by atoms with E-state index in [1.807, 2.05) is 12.1 Å². The molecule has 0 bridgehead atoms. The van der Waals surface area contributed by atoms with Crippen LogP contribution in [0.1, 0.15) is 45.1 Å². The van der Waals surface area contributed by atoms with Crippen molar-refractivity contribution < 1.29 is 4.74 Å². The van der Waals surface area contributed by atoms with Gasteiger partial charge >= 0.3 is 0 Å². The van der Waals surface area contributed by atoms with Crippen LogP contribution in [0.15, 0.2) is 30.9 Å². The fourth-order valence-corrected chi connectivity index (χ4v) is 2.47. The van der Waals surface area contributed by atoms with Crippen LogP contribution < -0.4 is 4.74 Å². The van der Waals surface area contributed by atoms with E-state index in [2.05, 4.69) is 41.8 Å². The number of aryl methyl sites for hydroxylation is 1. The van der Waals surface area contributed by atoms with E-state index >= 15 is 0 Å². The number of aromatic nitrogens is 3. The Hall–Kier alpha value is -1.97. The molecule has 22 heavy (non-hydrogen) atoms. The quantitative estimate of drug-likeness (QED) is 0.723. The van der Waals surface area contributed by atoms with Gasteiger partial charge in [-0.05, 0) is 43.0 Å². The topological polar surface area (TPSA) is 47.9 Å². The molecule has 2 rings (SSSR count). The highest BCUT2D eigenvalue weighted by Gasteiger charge is 2.09. The lowest BCUT2D eigenvalue weighted by atomic mass is 10.0. The number of rotatable bonds is 8. The van der Waals surface area contributed by atoms with Crippen molar-refractivity contribution in [3.63, 3.8) is 0 Å². The molecule has 1 unspecified atom stereocenters. The molecule has 2 aromatic rings. The van der Waals surface area contributed by atoms with E-state index in [1.54, 1.807) is 0 Å². The van der Waals surface area contributed by atoms with Crippen molar-refractivity contribution in [1.29, 1.82) is 0 Å². The Bertz CT molecular complexity index is 572. The van der Waals surface area contributed by atoms with Crippen molar-refractivity contribution in [1.82, 2.24) is 15.0 Å². The minimum Gasteiger partial charge on any atom is -0.493 e. The molecule has 0 saturated heterocycles. The Morgan fingerprint density at radius 3 is 2.55 bits per heavy atom. The van der Waals surface area contributed by atoms with Gasteiger partial charge < -0.3 is 4.74 Å². The summed E-state index contributed by atoms with van der Waals surface area (Å²) in [5.41, 5.74) is 2.14. The van der Waals surface area contributed by atoms with Gasteiger partial charge in [0, 0.05) is 5.56 Å². The zero-order valence-corrected chi connectivity index (χ0v) is 13.7. The summed E-state index contributed by atoms with van der Waals surface area (Å²) in [7, 11) is 0. The Labute approximate surface area is 133 Å². The molecule has 0 aliphatic carbocycles. The molecule has 0 saturated carbocycles. The van der Waals surface area contributed by atoms with Crippen LogP contribution in [0.4, 0.5) is 0 Å². The third-order valence-corrected chi connectivity index (χ3v) is 3.96. The van der Waals surface area contributed by atoms with Crippen molar-refractivity contribution in [3.05, 3.63) is 36.4 Å². The summed E-state index contributed by atoms with van der Waals surface area (Å²) in [6.45, 7) is 7.32. The van der Waals surface area contributed by atoms with Gasteiger partial charge in [0.05, 0.1) is 6.61 Å². The van der Waals surface area contributed by atoms with Crippen LogP contribution in [0.2, 0.25) is 0 Å². The third kappa shape index (κ3) is 4.52. The maximum atomic E-state index is 5.97. The molecule has 0 fully saturated rings. The summed E-state index contributed by atoms with van der Waals surface area (Å²) in [5.74, 6) is 2.27. The lowest BCUT2D eigenvalue weighted by Crippen LogP contribution is -2.11. The van der Waals surface area contributed by atoms with E-state index in [0.717, 1.165) is 23.5 Å². The van der Waals surface area contributed by atoms with E-state index in [0.29, 0.717) is 11.7 Å². The second-order valence-electron chi connectivity index (χ2n) is 5.67. The van der Waals surface area contributed by atoms with E-state index in [1.165, 1.54) is 38.3 Å². The summed E-state index contributed by atoms with van der Waals surface area (Å²) in [4.78, 5) is 12.2. The predicted molar refractivity (Wildman–Crippen MR) is 88.8 cm³/mol. The maximum absolute atomic E-state index is 5.97. The van der Waals surface area contributed by atoms with Crippen LogP contribution in [0.5, 0.6) is 5.75 Å². The van der Waals surface area contributed by atoms with E-state index in [-0.39, 0.29) is 0 Å². The van der Waals surface area contributed by atoms with Crippen LogP contribution in [0, 0.1) is 12.8 Å². The van der Waals surface area contributed by atoms with E-state index < -0.39 is 0 Å². The summed E-state index contributed by atoms with van der Waals surface area (Å²) in [6.07, 6.45) is 7.98. The Balaban J connectivity index is 2.00. The van der Waals surface area contributed by atoms with Gasteiger partial charge in [0.1, 0.15) is 18.4 Å². The van der Waals surface area contributed by atoms with Gasteiger partial charge in [0.2, 0.25) is 0 Å². The number of nitrogens with zero attached hydrogens (tertiary/aromatic N) is 3. The summed E-state index contributed by atoms with van der Waals surface area (Å²) in [5, 5.41) is 0. The highest BCUT2D eigenvalue weighted by Crippen LogP contribution is 2.24. The fourth-order valence-electron chi connectivity index (χ4n) is 2.47. The number of unbranched alkanes of at least 4 members (excludes halogenated alkanes) is 1. The van der Waals surface area contributed by atoms with Gasteiger partial charge in [-0.3, -0.25) is 0 Å². The lowest BCUT2D eigenvalue weighted by molar-refractivity contribution is 0.233. The first kappa shape index (κ1) is 16.4. The van der Waals surface area contributed by atoms with Crippen molar-refractivity contribution in [2.75, 3.05) is 6.61 Å². The highest BCUT2D eigenvalue weighted by molar-refractivity contribution is 5.60. The molecule has 4 nitrogen and oxygen atoms in total. The number of ether oxygens (including phenoxy) is 1. The molecule has 1 atom stereocenters. The van der Waals surface area contributed by atoms with Gasteiger partial charge in [-0.25, -0.2) is 15.0 Å². The Morgan fingerprint density at radius 1 is 1.14 bits per heavy atom. The standard InChI is InChI=1S/C18H25N3O/c1-4-6-7-15(5-2)11-22-16-8-9-17(14(3)10-16)18-20-12-19-13-21-18/h8-10,12-13,15H,4-7,11H2,1-3H3. The molecule has 4 heteroatoms. The van der Waals surface area contributed by atoms with E-state index in [9.17, 15) is 0 Å². The molecule has 118 valence electrons. The van der Waals surface area contributed by atoms with Gasteiger partial charge in [0.25, 0.3) is 0 Å². The van der Waals surface area contributed by atoms with E-state index in [4.69, 9.17) is 4.74 Å². The first-order valence-electron chi connectivity index (χ1n) is 8.10. The normalized spacial score (nSPS) is 12.1. The third-order valence-electron chi connectivity index (χ3n) is 3.96. The first-order valence-corrected chi connectivity index (χ1v) is 8.10. The zero-order chi connectivity index (χ0) is 15.8. The number of benzene rings is 1. The molecule has 0 N–H and O–H groups in total. The average molecular weight is 299 g/mol. The molecule has 1 aromatic carbocycles. The van der Waals surface area contributed by atoms with Gasteiger partial charge in [-0.2, -0.15) is 0 Å². The van der Waals surface area contributed by atoms with Crippen LogP contribution in [-0.2, 0) is 0 Å². The molecule has 1 heterocycles. The smallest absolute Gasteiger partial charge is 0.162 e. The van der Waals surface area contributed by atoms with Crippen molar-refractivity contribution >= 4 is 0 Å². The fraction of sp³-hybridized carbons (Fsp3) is 0.500. The molecule has 0 aliphatic rings. The van der Waals surface area contributed by atoms with Gasteiger partial charge in [0.15, 0.2) is 5.82 Å². The van der Waals surface area contributed by atoms with Crippen LogP contribution in [0.3, 0.4) is 0 Å². The second-order valence-corrected chi connectivity index (χ2v) is 5.67. The number of hydrogen-bond donors (Lipinski definition) is 0. The molecular weight excluding hydrogens is 274 g/mol. The van der Waals surface area contributed by atoms with Crippen molar-refractivity contribution in [2.45, 2.75) is 46.5 Å². The zero-order valence-electron chi connectivity index (χ0n) is 13.7. The first-order chi connectivity index (χ1) is 10.7. The van der Waals surface area contributed by atoms with Crippen molar-refractivity contribution in [3.8, 4) is 17.1 Å². The monoisotopic (exact) mass is 299 g/mol. The second kappa shape index (κ2) is 8.47. The van der Waals surface area contributed by atoms with Gasteiger partial charge in [-0.1, -0.05) is 33.1 Å². The van der Waals surface area contributed by atoms with Crippen LogP contribution >= 0.6 is 0 Å². The summed E-state index contributed by atoms with van der Waals surface area (Å²) < 4.78 is 5.97. The van der Waals surface area contributed by atoms with Crippen molar-refractivity contribution in [2.24, 2.45) is 5.92 Å². The molecule has 0 amide bonds. The number of hydrogen-bond acceptors (Lipinski definition) is 4. The molecule has 0 aliphatic heterocycles. The predicted octanol–water partition coefficient (Wildman–Crippen LogP) is 4.44. The highest BCUT2D eigenvalue weighted by atomic mass is 16.5. The average Bonchev–Trinajstić information content (AvgIpc) is 2.56. The van der Waals surface area contributed by atoms with Crippen LogP contribution in [-0.4, -0.2) is 21.6 Å². The Kier molecular flexibility index (Phi) is 6.31. The minimum atomic E-state index is 0.642. The summed E-state index contributed by atoms with van der Waals surface area (Å²) in [6, 6.07) is 6.08. The largest absolute Gasteiger partial charge is 0.493 e. The molecular formula is C18H25N3O. The van der Waals surface area contributed by atoms with Crippen LogP contribution in [0.25, 0.3) is 11.4 Å². The molecule has 1 aromatic heterocycles. The minimum absolute atomic E-state index is 0.642. The molecule has 0 radical (unpaired) electrons. The lowest BCUT2D eigenvalue weighted by Gasteiger charge is -2.16. The summed E-state index contributed by atoms with van der Waals surface area (Å²) >= 11 is 0. The SMILES string of the molecule is CCCCC(CC)COc1ccc(-c2ncncn2)c(C)c1.